The van der Waals surface area contributed by atoms with Crippen LogP contribution in [0.5, 0.6) is 0 Å². The Labute approximate surface area is 139 Å². The number of carbonyl (C=O) groups is 1. The summed E-state index contributed by atoms with van der Waals surface area (Å²) in [6.07, 6.45) is 6.34. The monoisotopic (exact) mass is 312 g/mol. The van der Waals surface area contributed by atoms with Crippen molar-refractivity contribution < 1.29 is 4.79 Å². The third kappa shape index (κ3) is 2.32. The minimum Gasteiger partial charge on any atom is -0.366 e. The second kappa shape index (κ2) is 5.34. The Balaban J connectivity index is 1.75. The maximum atomic E-state index is 11.6. The number of nitrogens with two attached hydrogens (primary N) is 1. The van der Waals surface area contributed by atoms with Crippen LogP contribution in [-0.2, 0) is 11.8 Å². The fraction of sp³-hybridized carbons (Fsp3) is 0.650. The van der Waals surface area contributed by atoms with Gasteiger partial charge in [-0.15, -0.1) is 0 Å². The van der Waals surface area contributed by atoms with Crippen molar-refractivity contribution in [3.05, 3.63) is 34.9 Å². The number of hydrogen-bond acceptors (Lipinski definition) is 2. The molecule has 2 N–H and O–H groups in total. The highest BCUT2D eigenvalue weighted by Crippen LogP contribution is 2.51. The van der Waals surface area contributed by atoms with E-state index in [1.807, 2.05) is 6.07 Å². The molecular formula is C20H28N2O. The highest BCUT2D eigenvalue weighted by Gasteiger charge is 2.50. The van der Waals surface area contributed by atoms with E-state index in [0.29, 0.717) is 17.5 Å². The van der Waals surface area contributed by atoms with Crippen LogP contribution in [0.25, 0.3) is 0 Å². The molecule has 0 spiro atoms. The number of piperidine rings is 1. The van der Waals surface area contributed by atoms with E-state index in [1.165, 1.54) is 43.5 Å². The molecule has 2 fully saturated rings. The van der Waals surface area contributed by atoms with Crippen molar-refractivity contribution in [1.29, 1.82) is 0 Å². The highest BCUT2D eigenvalue weighted by molar-refractivity contribution is 5.93. The van der Waals surface area contributed by atoms with Gasteiger partial charge in [0.05, 0.1) is 0 Å². The maximum Gasteiger partial charge on any atom is 0.248 e. The average Bonchev–Trinajstić information content (AvgIpc) is 3.34. The van der Waals surface area contributed by atoms with Crippen molar-refractivity contribution in [2.24, 2.45) is 17.6 Å². The van der Waals surface area contributed by atoms with Crippen LogP contribution in [0, 0.1) is 11.8 Å². The Morgan fingerprint density at radius 1 is 1.39 bits per heavy atom. The Bertz CT molecular complexity index is 637. The molecule has 1 amide bonds. The number of likely N-dealkylation sites (tertiary alicyclic amines) is 1. The Kier molecular flexibility index (Phi) is 3.53. The van der Waals surface area contributed by atoms with Gasteiger partial charge in [-0.25, -0.2) is 0 Å². The SMILES string of the molecule is CC[C@]12CCN(CC3CC3)[C@H](Cc3ccc(C(N)=O)cc31)[C@@H]2C. The molecule has 124 valence electrons. The van der Waals surface area contributed by atoms with Crippen LogP contribution in [0.15, 0.2) is 18.2 Å². The van der Waals surface area contributed by atoms with Gasteiger partial charge in [-0.2, -0.15) is 0 Å². The number of amides is 1. The molecule has 3 aliphatic rings. The molecule has 3 heteroatoms. The molecule has 3 atom stereocenters. The summed E-state index contributed by atoms with van der Waals surface area (Å²) >= 11 is 0. The summed E-state index contributed by atoms with van der Waals surface area (Å²) in [5.41, 5.74) is 9.28. The third-order valence-electron chi connectivity index (χ3n) is 6.94. The van der Waals surface area contributed by atoms with Crippen LogP contribution in [0.1, 0.15) is 61.0 Å². The summed E-state index contributed by atoms with van der Waals surface area (Å²) < 4.78 is 0. The predicted molar refractivity (Wildman–Crippen MR) is 92.5 cm³/mol. The van der Waals surface area contributed by atoms with Gasteiger partial charge in [-0.1, -0.05) is 19.9 Å². The van der Waals surface area contributed by atoms with Crippen LogP contribution in [0.2, 0.25) is 0 Å². The van der Waals surface area contributed by atoms with Gasteiger partial charge in [0.15, 0.2) is 0 Å². The quantitative estimate of drug-likeness (QED) is 0.928. The van der Waals surface area contributed by atoms with Gasteiger partial charge in [0, 0.05) is 23.6 Å². The molecule has 0 radical (unpaired) electrons. The lowest BCUT2D eigenvalue weighted by atomic mass is 9.56. The van der Waals surface area contributed by atoms with Crippen LogP contribution < -0.4 is 5.73 Å². The van der Waals surface area contributed by atoms with Crippen molar-refractivity contribution in [1.82, 2.24) is 4.90 Å². The molecule has 0 unspecified atom stereocenters. The van der Waals surface area contributed by atoms with Gasteiger partial charge >= 0.3 is 0 Å². The third-order valence-corrected chi connectivity index (χ3v) is 6.94. The Morgan fingerprint density at radius 3 is 2.83 bits per heavy atom. The lowest BCUT2D eigenvalue weighted by molar-refractivity contribution is 0.0180. The first-order chi connectivity index (χ1) is 11.0. The summed E-state index contributed by atoms with van der Waals surface area (Å²) in [5.74, 6) is 1.30. The predicted octanol–water partition coefficient (Wildman–Crippen LogP) is 3.11. The number of primary amides is 1. The molecule has 1 heterocycles. The number of hydrogen-bond donors (Lipinski definition) is 1. The standard InChI is InChI=1S/C20H28N2O/c1-3-20-8-9-22(12-14-4-5-14)18(13(20)2)11-15-6-7-16(19(21)23)10-17(15)20/h6-7,10,13-14,18H,3-5,8-9,11-12H2,1-2H3,(H2,21,23)/t13-,18+,20+/m0/s1. The van der Waals surface area contributed by atoms with Gasteiger partial charge in [0.1, 0.15) is 0 Å². The Hall–Kier alpha value is -1.35. The van der Waals surface area contributed by atoms with E-state index in [4.69, 9.17) is 5.73 Å². The molecule has 2 aliphatic carbocycles. The molecule has 4 rings (SSSR count). The number of carbonyl (C=O) groups excluding carboxylic acids is 1. The summed E-state index contributed by atoms with van der Waals surface area (Å²) in [6.45, 7) is 7.26. The average molecular weight is 312 g/mol. The molecule has 1 saturated carbocycles. The van der Waals surface area contributed by atoms with Crippen molar-refractivity contribution in [3.63, 3.8) is 0 Å². The van der Waals surface area contributed by atoms with Crippen molar-refractivity contribution >= 4 is 5.91 Å². The van der Waals surface area contributed by atoms with E-state index in [0.717, 1.165) is 18.8 Å². The molecule has 3 nitrogen and oxygen atoms in total. The number of nitrogens with zero attached hydrogens (tertiary/aromatic N) is 1. The topological polar surface area (TPSA) is 46.3 Å². The number of rotatable bonds is 4. The maximum absolute atomic E-state index is 11.6. The van der Waals surface area contributed by atoms with Crippen molar-refractivity contribution in [2.75, 3.05) is 13.1 Å². The molecule has 0 aromatic heterocycles. The van der Waals surface area contributed by atoms with E-state index in [2.05, 4.69) is 30.9 Å². The minimum absolute atomic E-state index is 0.226. The second-order valence-corrected chi connectivity index (χ2v) is 7.99. The smallest absolute Gasteiger partial charge is 0.248 e. The van der Waals surface area contributed by atoms with Gasteiger partial charge in [-0.05, 0) is 73.7 Å². The second-order valence-electron chi connectivity index (χ2n) is 7.99. The highest BCUT2D eigenvalue weighted by atomic mass is 16.1. The van der Waals surface area contributed by atoms with Gasteiger partial charge in [0.25, 0.3) is 0 Å². The van der Waals surface area contributed by atoms with Crippen LogP contribution in [0.4, 0.5) is 0 Å². The zero-order chi connectivity index (χ0) is 16.2. The first-order valence-corrected chi connectivity index (χ1v) is 9.22. The molecule has 1 aliphatic heterocycles. The van der Waals surface area contributed by atoms with E-state index in [1.54, 1.807) is 0 Å². The molecule has 2 bridgehead atoms. The molecule has 1 aromatic rings. The largest absolute Gasteiger partial charge is 0.366 e. The summed E-state index contributed by atoms with van der Waals surface area (Å²) in [5, 5.41) is 0. The molecule has 23 heavy (non-hydrogen) atoms. The van der Waals surface area contributed by atoms with E-state index in [-0.39, 0.29) is 11.3 Å². The normalized spacial score (nSPS) is 33.3. The van der Waals surface area contributed by atoms with E-state index >= 15 is 0 Å². The fourth-order valence-corrected chi connectivity index (χ4v) is 5.25. The number of benzene rings is 1. The first kappa shape index (κ1) is 15.2. The molecule has 1 aromatic carbocycles. The van der Waals surface area contributed by atoms with E-state index < -0.39 is 0 Å². The lowest BCUT2D eigenvalue weighted by Crippen LogP contribution is -2.59. The summed E-state index contributed by atoms with van der Waals surface area (Å²) in [4.78, 5) is 14.4. The molecular weight excluding hydrogens is 284 g/mol. The summed E-state index contributed by atoms with van der Waals surface area (Å²) in [7, 11) is 0. The first-order valence-electron chi connectivity index (χ1n) is 9.22. The van der Waals surface area contributed by atoms with E-state index in [9.17, 15) is 4.79 Å². The van der Waals surface area contributed by atoms with Gasteiger partial charge < -0.3 is 5.73 Å². The zero-order valence-corrected chi connectivity index (χ0v) is 14.3. The summed E-state index contributed by atoms with van der Waals surface area (Å²) in [6, 6.07) is 6.85. The van der Waals surface area contributed by atoms with Crippen molar-refractivity contribution in [2.45, 2.75) is 57.4 Å². The van der Waals surface area contributed by atoms with Crippen LogP contribution >= 0.6 is 0 Å². The van der Waals surface area contributed by atoms with Crippen molar-refractivity contribution in [3.8, 4) is 0 Å². The van der Waals surface area contributed by atoms with Crippen LogP contribution in [-0.4, -0.2) is 29.9 Å². The fourth-order valence-electron chi connectivity index (χ4n) is 5.25. The lowest BCUT2D eigenvalue weighted by Gasteiger charge is -2.56. The Morgan fingerprint density at radius 2 is 2.17 bits per heavy atom. The molecule has 1 saturated heterocycles. The van der Waals surface area contributed by atoms with Gasteiger partial charge in [0.2, 0.25) is 5.91 Å². The minimum atomic E-state index is -0.306. The zero-order valence-electron chi connectivity index (χ0n) is 14.3. The number of fused-ring (bicyclic) bond motifs is 4. The van der Waals surface area contributed by atoms with Crippen LogP contribution in [0.3, 0.4) is 0 Å². The van der Waals surface area contributed by atoms with Gasteiger partial charge in [-0.3, -0.25) is 9.69 Å².